The van der Waals surface area contributed by atoms with E-state index in [9.17, 15) is 4.79 Å². The summed E-state index contributed by atoms with van der Waals surface area (Å²) in [5.74, 6) is 2.30. The highest BCUT2D eigenvalue weighted by Gasteiger charge is 2.23. The van der Waals surface area contributed by atoms with Gasteiger partial charge in [-0.25, -0.2) is 24.9 Å². The van der Waals surface area contributed by atoms with E-state index < -0.39 is 0 Å². The highest BCUT2D eigenvalue weighted by Crippen LogP contribution is 2.28. The van der Waals surface area contributed by atoms with Crippen LogP contribution < -0.4 is 16.0 Å². The number of aromatic nitrogens is 6. The Morgan fingerprint density at radius 2 is 1.91 bits per heavy atom. The standard InChI is InChI=1S/C23H33N9O3/c1-3-32-17(15-25-8-6-4-5-7-18(33)34-2)28-19-21(31-9-11-35-12-10-31)29-20(30-22(19)32)16-13-26-23(24)27-14-16/h13-14,25H,3-12,15H2,1-2H3,(H2,24,26,27). The number of imidazole rings is 1. The first-order valence-electron chi connectivity index (χ1n) is 12.1. The lowest BCUT2D eigenvalue weighted by Crippen LogP contribution is -2.37. The molecule has 35 heavy (non-hydrogen) atoms. The number of methoxy groups -OCH3 is 1. The summed E-state index contributed by atoms with van der Waals surface area (Å²) in [6, 6.07) is 0. The van der Waals surface area contributed by atoms with Crippen molar-refractivity contribution in [3.05, 3.63) is 18.2 Å². The van der Waals surface area contributed by atoms with Crippen LogP contribution in [-0.4, -0.2) is 75.4 Å². The Morgan fingerprint density at radius 1 is 1.14 bits per heavy atom. The van der Waals surface area contributed by atoms with Crippen LogP contribution in [0.2, 0.25) is 0 Å². The number of morpholine rings is 1. The molecule has 0 saturated carbocycles. The summed E-state index contributed by atoms with van der Waals surface area (Å²) in [6.07, 6.45) is 6.52. The third-order valence-corrected chi connectivity index (χ3v) is 5.96. The Bertz CT molecular complexity index is 1130. The van der Waals surface area contributed by atoms with E-state index in [0.29, 0.717) is 37.6 Å². The molecule has 188 valence electrons. The number of esters is 1. The number of nitrogen functional groups attached to an aromatic ring is 1. The van der Waals surface area contributed by atoms with Crippen LogP contribution in [0.3, 0.4) is 0 Å². The molecule has 0 atom stereocenters. The Labute approximate surface area is 204 Å². The van der Waals surface area contributed by atoms with Gasteiger partial charge in [0.15, 0.2) is 22.8 Å². The maximum atomic E-state index is 11.2. The topological polar surface area (TPSA) is 146 Å². The van der Waals surface area contributed by atoms with Gasteiger partial charge in [0, 0.05) is 38.4 Å². The molecular weight excluding hydrogens is 450 g/mol. The van der Waals surface area contributed by atoms with E-state index in [2.05, 4.69) is 36.4 Å². The lowest BCUT2D eigenvalue weighted by Gasteiger charge is -2.28. The molecule has 3 aromatic rings. The summed E-state index contributed by atoms with van der Waals surface area (Å²) >= 11 is 0. The fourth-order valence-electron chi connectivity index (χ4n) is 4.08. The van der Waals surface area contributed by atoms with Crippen molar-refractivity contribution < 1.29 is 14.3 Å². The predicted octanol–water partition coefficient (Wildman–Crippen LogP) is 1.55. The first kappa shape index (κ1) is 24.7. The van der Waals surface area contributed by atoms with Crippen molar-refractivity contribution in [2.75, 3.05) is 50.6 Å². The Hall–Kier alpha value is -3.38. The number of unbranched alkanes of at least 4 members (excludes halogenated alkanes) is 2. The van der Waals surface area contributed by atoms with Crippen molar-refractivity contribution in [2.24, 2.45) is 0 Å². The zero-order valence-electron chi connectivity index (χ0n) is 20.4. The molecular formula is C23H33N9O3. The SMILES string of the molecule is CCn1c(CNCCCCCC(=O)OC)nc2c(N3CCOCC3)nc(-c3cnc(N)nc3)nc21. The van der Waals surface area contributed by atoms with Crippen LogP contribution in [0.15, 0.2) is 12.4 Å². The molecule has 1 saturated heterocycles. The summed E-state index contributed by atoms with van der Waals surface area (Å²) in [5.41, 5.74) is 7.93. The summed E-state index contributed by atoms with van der Waals surface area (Å²) < 4.78 is 12.3. The van der Waals surface area contributed by atoms with Crippen molar-refractivity contribution in [1.29, 1.82) is 0 Å². The van der Waals surface area contributed by atoms with Gasteiger partial charge in [-0.2, -0.15) is 0 Å². The van der Waals surface area contributed by atoms with Gasteiger partial charge in [0.25, 0.3) is 0 Å². The van der Waals surface area contributed by atoms with Crippen molar-refractivity contribution in [1.82, 2.24) is 34.8 Å². The van der Waals surface area contributed by atoms with Crippen LogP contribution in [0.5, 0.6) is 0 Å². The molecule has 12 nitrogen and oxygen atoms in total. The van der Waals surface area contributed by atoms with Crippen LogP contribution in [0.25, 0.3) is 22.6 Å². The molecule has 0 bridgehead atoms. The lowest BCUT2D eigenvalue weighted by molar-refractivity contribution is -0.140. The quantitative estimate of drug-likeness (QED) is 0.302. The van der Waals surface area contributed by atoms with E-state index in [-0.39, 0.29) is 11.9 Å². The first-order valence-corrected chi connectivity index (χ1v) is 12.1. The molecule has 12 heteroatoms. The van der Waals surface area contributed by atoms with Gasteiger partial charge < -0.3 is 30.0 Å². The van der Waals surface area contributed by atoms with E-state index in [4.69, 9.17) is 25.4 Å². The van der Waals surface area contributed by atoms with Gasteiger partial charge in [0.2, 0.25) is 5.95 Å². The summed E-state index contributed by atoms with van der Waals surface area (Å²) in [4.78, 5) is 36.3. The van der Waals surface area contributed by atoms with Gasteiger partial charge in [0.1, 0.15) is 5.82 Å². The highest BCUT2D eigenvalue weighted by atomic mass is 16.5. The average Bonchev–Trinajstić information content (AvgIpc) is 3.25. The number of nitrogens with zero attached hydrogens (tertiary/aromatic N) is 7. The van der Waals surface area contributed by atoms with Crippen LogP contribution in [0.4, 0.5) is 11.8 Å². The molecule has 4 rings (SSSR count). The predicted molar refractivity (Wildman–Crippen MR) is 132 cm³/mol. The van der Waals surface area contributed by atoms with Crippen LogP contribution >= 0.6 is 0 Å². The zero-order chi connectivity index (χ0) is 24.6. The minimum absolute atomic E-state index is 0.156. The maximum absolute atomic E-state index is 11.2. The van der Waals surface area contributed by atoms with Gasteiger partial charge in [0.05, 0.1) is 32.4 Å². The fourth-order valence-corrected chi connectivity index (χ4v) is 4.08. The number of nitrogens with two attached hydrogens (primary N) is 1. The lowest BCUT2D eigenvalue weighted by atomic mass is 10.2. The monoisotopic (exact) mass is 483 g/mol. The number of fused-ring (bicyclic) bond motifs is 1. The number of aryl methyl sites for hydroxylation is 1. The van der Waals surface area contributed by atoms with Crippen molar-refractivity contribution in [3.63, 3.8) is 0 Å². The van der Waals surface area contributed by atoms with Crippen LogP contribution in [0.1, 0.15) is 38.4 Å². The van der Waals surface area contributed by atoms with Crippen molar-refractivity contribution in [2.45, 2.75) is 45.7 Å². The van der Waals surface area contributed by atoms with Gasteiger partial charge in [-0.15, -0.1) is 0 Å². The number of ether oxygens (including phenoxy) is 2. The molecule has 4 heterocycles. The molecule has 1 aliphatic heterocycles. The number of rotatable bonds is 11. The molecule has 3 N–H and O–H groups in total. The van der Waals surface area contributed by atoms with Gasteiger partial charge in [-0.1, -0.05) is 6.42 Å². The van der Waals surface area contributed by atoms with Crippen LogP contribution in [-0.2, 0) is 27.4 Å². The molecule has 1 aliphatic rings. The number of anilines is 2. The van der Waals surface area contributed by atoms with Crippen LogP contribution in [0, 0.1) is 0 Å². The summed E-state index contributed by atoms with van der Waals surface area (Å²) in [7, 11) is 1.42. The highest BCUT2D eigenvalue weighted by molar-refractivity contribution is 5.86. The molecule has 0 unspecified atom stereocenters. The minimum atomic E-state index is -0.156. The maximum Gasteiger partial charge on any atom is 0.305 e. The van der Waals surface area contributed by atoms with E-state index in [1.54, 1.807) is 12.4 Å². The second kappa shape index (κ2) is 11.8. The summed E-state index contributed by atoms with van der Waals surface area (Å²) in [5, 5.41) is 3.48. The molecule has 3 aromatic heterocycles. The van der Waals surface area contributed by atoms with E-state index >= 15 is 0 Å². The Balaban J connectivity index is 1.56. The van der Waals surface area contributed by atoms with Gasteiger partial charge in [-0.3, -0.25) is 4.79 Å². The number of hydrogen-bond donors (Lipinski definition) is 2. The van der Waals surface area contributed by atoms with E-state index in [0.717, 1.165) is 68.2 Å². The second-order valence-corrected chi connectivity index (χ2v) is 8.31. The zero-order valence-corrected chi connectivity index (χ0v) is 20.4. The molecule has 0 aromatic carbocycles. The molecule has 0 aliphatic carbocycles. The largest absolute Gasteiger partial charge is 0.469 e. The average molecular weight is 484 g/mol. The Morgan fingerprint density at radius 3 is 2.63 bits per heavy atom. The number of carbonyl (C=O) groups excluding carboxylic acids is 1. The van der Waals surface area contributed by atoms with Crippen molar-refractivity contribution in [3.8, 4) is 11.4 Å². The second-order valence-electron chi connectivity index (χ2n) is 8.31. The molecule has 0 radical (unpaired) electrons. The molecule has 1 fully saturated rings. The number of carbonyl (C=O) groups is 1. The third-order valence-electron chi connectivity index (χ3n) is 5.96. The number of nitrogens with one attached hydrogen (secondary N) is 1. The van der Waals surface area contributed by atoms with Gasteiger partial charge in [-0.05, 0) is 26.3 Å². The third kappa shape index (κ3) is 6.01. The minimum Gasteiger partial charge on any atom is -0.469 e. The smallest absolute Gasteiger partial charge is 0.305 e. The number of hydrogen-bond acceptors (Lipinski definition) is 11. The van der Waals surface area contributed by atoms with E-state index in [1.165, 1.54) is 7.11 Å². The normalized spacial score (nSPS) is 13.9. The van der Waals surface area contributed by atoms with Gasteiger partial charge >= 0.3 is 5.97 Å². The fraction of sp³-hybridized carbons (Fsp3) is 0.565. The first-order chi connectivity index (χ1) is 17.1. The Kier molecular flexibility index (Phi) is 8.37. The molecule has 0 spiro atoms. The molecule has 0 amide bonds. The van der Waals surface area contributed by atoms with Crippen molar-refractivity contribution >= 4 is 28.9 Å². The van der Waals surface area contributed by atoms with E-state index in [1.807, 2.05) is 0 Å². The summed E-state index contributed by atoms with van der Waals surface area (Å²) in [6.45, 7) is 7.03.